The molecule has 0 bridgehead atoms. The van der Waals surface area contributed by atoms with Gasteiger partial charge in [0.05, 0.1) is 0 Å². The van der Waals surface area contributed by atoms with Crippen LogP contribution in [0.25, 0.3) is 0 Å². The summed E-state index contributed by atoms with van der Waals surface area (Å²) in [5, 5.41) is 6.00. The molecule has 1 aromatic rings. The highest BCUT2D eigenvalue weighted by Crippen LogP contribution is 2.16. The quantitative estimate of drug-likeness (QED) is 0.709. The van der Waals surface area contributed by atoms with Gasteiger partial charge in [0.15, 0.2) is 0 Å². The molecule has 0 fully saturated rings. The fraction of sp³-hybridized carbons (Fsp3) is 0.462. The lowest BCUT2D eigenvalue weighted by atomic mass is 10.1. The molecule has 0 aromatic heterocycles. The molecule has 1 atom stereocenters. The molecule has 1 aromatic carbocycles. The van der Waals surface area contributed by atoms with Crippen LogP contribution in [0.3, 0.4) is 0 Å². The molecular weight excluding hydrogens is 214 g/mol. The van der Waals surface area contributed by atoms with Crippen molar-refractivity contribution in [2.24, 2.45) is 5.73 Å². The summed E-state index contributed by atoms with van der Waals surface area (Å²) in [5.41, 5.74) is 6.82. The van der Waals surface area contributed by atoms with Crippen molar-refractivity contribution in [1.29, 1.82) is 0 Å². The van der Waals surface area contributed by atoms with E-state index >= 15 is 0 Å². The van der Waals surface area contributed by atoms with Gasteiger partial charge in [-0.1, -0.05) is 20.3 Å². The van der Waals surface area contributed by atoms with Crippen molar-refractivity contribution in [1.82, 2.24) is 0 Å². The van der Waals surface area contributed by atoms with E-state index in [1.165, 1.54) is 6.42 Å². The molecule has 2 amide bonds. The Morgan fingerprint density at radius 3 is 2.29 bits per heavy atom. The number of hydrogen-bond donors (Lipinski definition) is 3. The molecule has 0 saturated carbocycles. The molecule has 0 aliphatic heterocycles. The average Bonchev–Trinajstić information content (AvgIpc) is 2.30. The number of carbonyl (C=O) groups excluding carboxylic acids is 1. The molecule has 0 aliphatic rings. The predicted molar refractivity (Wildman–Crippen MR) is 72.3 cm³/mol. The van der Waals surface area contributed by atoms with Crippen LogP contribution in [0.5, 0.6) is 0 Å². The van der Waals surface area contributed by atoms with Gasteiger partial charge in [0.2, 0.25) is 0 Å². The van der Waals surface area contributed by atoms with E-state index in [9.17, 15) is 4.79 Å². The van der Waals surface area contributed by atoms with E-state index in [1.54, 1.807) is 0 Å². The van der Waals surface area contributed by atoms with Crippen LogP contribution in [-0.4, -0.2) is 12.1 Å². The van der Waals surface area contributed by atoms with Gasteiger partial charge in [0.25, 0.3) is 0 Å². The summed E-state index contributed by atoms with van der Waals surface area (Å²) in [6, 6.07) is 7.54. The van der Waals surface area contributed by atoms with Crippen LogP contribution >= 0.6 is 0 Å². The number of primary amides is 1. The smallest absolute Gasteiger partial charge is 0.316 e. The van der Waals surface area contributed by atoms with Gasteiger partial charge in [-0.15, -0.1) is 0 Å². The summed E-state index contributed by atoms with van der Waals surface area (Å²) < 4.78 is 0. The van der Waals surface area contributed by atoms with Crippen LogP contribution < -0.4 is 16.4 Å². The maximum Gasteiger partial charge on any atom is 0.316 e. The molecule has 0 spiro atoms. The highest BCUT2D eigenvalue weighted by molar-refractivity contribution is 5.87. The highest BCUT2D eigenvalue weighted by Gasteiger charge is 2.04. The molecule has 94 valence electrons. The zero-order valence-electron chi connectivity index (χ0n) is 10.5. The van der Waals surface area contributed by atoms with Gasteiger partial charge in [0.1, 0.15) is 0 Å². The fourth-order valence-electron chi connectivity index (χ4n) is 1.75. The van der Waals surface area contributed by atoms with Crippen molar-refractivity contribution in [2.45, 2.75) is 39.2 Å². The van der Waals surface area contributed by atoms with Crippen LogP contribution in [0.2, 0.25) is 0 Å². The van der Waals surface area contributed by atoms with Crippen LogP contribution in [-0.2, 0) is 0 Å². The number of amides is 2. The van der Waals surface area contributed by atoms with Crippen molar-refractivity contribution in [3.05, 3.63) is 24.3 Å². The van der Waals surface area contributed by atoms with E-state index in [0.29, 0.717) is 11.7 Å². The normalized spacial score (nSPS) is 11.9. The van der Waals surface area contributed by atoms with E-state index < -0.39 is 6.03 Å². The first kappa shape index (κ1) is 13.4. The minimum absolute atomic E-state index is 0.509. The third kappa shape index (κ3) is 4.76. The second kappa shape index (κ2) is 6.78. The minimum Gasteiger partial charge on any atom is -0.382 e. The maximum absolute atomic E-state index is 10.7. The van der Waals surface area contributed by atoms with E-state index in [2.05, 4.69) is 24.5 Å². The first-order valence-corrected chi connectivity index (χ1v) is 6.08. The van der Waals surface area contributed by atoms with Crippen molar-refractivity contribution < 1.29 is 4.79 Å². The first-order valence-electron chi connectivity index (χ1n) is 6.08. The van der Waals surface area contributed by atoms with Gasteiger partial charge < -0.3 is 16.4 Å². The molecule has 1 unspecified atom stereocenters. The highest BCUT2D eigenvalue weighted by atomic mass is 16.2. The third-order valence-electron chi connectivity index (χ3n) is 2.65. The number of rotatable bonds is 6. The molecule has 0 heterocycles. The lowest BCUT2D eigenvalue weighted by molar-refractivity contribution is 0.259. The van der Waals surface area contributed by atoms with Crippen LogP contribution in [0.1, 0.15) is 33.1 Å². The second-order valence-electron chi connectivity index (χ2n) is 4.10. The van der Waals surface area contributed by atoms with E-state index in [-0.39, 0.29) is 0 Å². The van der Waals surface area contributed by atoms with Gasteiger partial charge in [-0.25, -0.2) is 4.79 Å². The number of carbonyl (C=O) groups is 1. The molecule has 0 saturated heterocycles. The molecule has 17 heavy (non-hydrogen) atoms. The van der Waals surface area contributed by atoms with Gasteiger partial charge in [-0.3, -0.25) is 0 Å². The van der Waals surface area contributed by atoms with Crippen LogP contribution in [0, 0.1) is 0 Å². The Morgan fingerprint density at radius 2 is 1.82 bits per heavy atom. The van der Waals surface area contributed by atoms with Gasteiger partial charge in [-0.2, -0.15) is 0 Å². The molecule has 4 N–H and O–H groups in total. The average molecular weight is 235 g/mol. The summed E-state index contributed by atoms with van der Waals surface area (Å²) in [4.78, 5) is 10.7. The molecule has 4 heteroatoms. The van der Waals surface area contributed by atoms with Crippen molar-refractivity contribution in [3.63, 3.8) is 0 Å². The Kier molecular flexibility index (Phi) is 5.33. The third-order valence-corrected chi connectivity index (χ3v) is 2.65. The SMILES string of the molecule is CCCC(CC)Nc1ccc(NC(N)=O)cc1. The van der Waals surface area contributed by atoms with Crippen molar-refractivity contribution >= 4 is 17.4 Å². The minimum atomic E-state index is -0.539. The maximum atomic E-state index is 10.7. The number of anilines is 2. The molecule has 4 nitrogen and oxygen atoms in total. The van der Waals surface area contributed by atoms with E-state index in [1.807, 2.05) is 24.3 Å². The summed E-state index contributed by atoms with van der Waals surface area (Å²) in [6.45, 7) is 4.36. The Bertz CT molecular complexity index is 348. The summed E-state index contributed by atoms with van der Waals surface area (Å²) >= 11 is 0. The zero-order valence-corrected chi connectivity index (χ0v) is 10.5. The van der Waals surface area contributed by atoms with Gasteiger partial charge in [-0.05, 0) is 37.1 Å². The molecule has 0 radical (unpaired) electrons. The summed E-state index contributed by atoms with van der Waals surface area (Å²) in [7, 11) is 0. The number of nitrogens with two attached hydrogens (primary N) is 1. The largest absolute Gasteiger partial charge is 0.382 e. The molecule has 1 rings (SSSR count). The lowest BCUT2D eigenvalue weighted by Gasteiger charge is -2.17. The van der Waals surface area contributed by atoms with Crippen LogP contribution in [0.15, 0.2) is 24.3 Å². The first-order chi connectivity index (χ1) is 8.15. The number of benzene rings is 1. The Morgan fingerprint density at radius 1 is 1.24 bits per heavy atom. The predicted octanol–water partition coefficient (Wildman–Crippen LogP) is 3.17. The van der Waals surface area contributed by atoms with E-state index in [0.717, 1.165) is 18.5 Å². The Hall–Kier alpha value is -1.71. The number of urea groups is 1. The standard InChI is InChI=1S/C13H21N3O/c1-3-5-10(4-2)15-11-6-8-12(9-7-11)16-13(14)17/h6-10,15H,3-5H2,1-2H3,(H3,14,16,17). The van der Waals surface area contributed by atoms with Crippen molar-refractivity contribution in [3.8, 4) is 0 Å². The lowest BCUT2D eigenvalue weighted by Crippen LogP contribution is -2.19. The number of hydrogen-bond acceptors (Lipinski definition) is 2. The Balaban J connectivity index is 2.57. The van der Waals surface area contributed by atoms with Crippen LogP contribution in [0.4, 0.5) is 16.2 Å². The van der Waals surface area contributed by atoms with E-state index in [4.69, 9.17) is 5.73 Å². The Labute approximate surface area is 103 Å². The molecule has 0 aliphatic carbocycles. The summed E-state index contributed by atoms with van der Waals surface area (Å²) in [6.07, 6.45) is 3.44. The zero-order chi connectivity index (χ0) is 12.7. The number of nitrogens with one attached hydrogen (secondary N) is 2. The van der Waals surface area contributed by atoms with Gasteiger partial charge >= 0.3 is 6.03 Å². The molecular formula is C13H21N3O. The summed E-state index contributed by atoms with van der Waals surface area (Å²) in [5.74, 6) is 0. The monoisotopic (exact) mass is 235 g/mol. The topological polar surface area (TPSA) is 67.2 Å². The van der Waals surface area contributed by atoms with Crippen molar-refractivity contribution in [2.75, 3.05) is 10.6 Å². The van der Waals surface area contributed by atoms with Gasteiger partial charge in [0, 0.05) is 17.4 Å². The fourth-order valence-corrected chi connectivity index (χ4v) is 1.75. The second-order valence-corrected chi connectivity index (χ2v) is 4.10.